The third-order valence-electron chi connectivity index (χ3n) is 2.14. The minimum atomic E-state index is -0.449. The average Bonchev–Trinajstić information content (AvgIpc) is 2.67. The van der Waals surface area contributed by atoms with E-state index >= 15 is 0 Å². The van der Waals surface area contributed by atoms with E-state index in [1.165, 1.54) is 18.2 Å². The number of halogens is 2. The van der Waals surface area contributed by atoms with Crippen LogP contribution in [0.1, 0.15) is 21.9 Å². The van der Waals surface area contributed by atoms with E-state index in [0.717, 1.165) is 0 Å². The van der Waals surface area contributed by atoms with Crippen molar-refractivity contribution in [3.05, 3.63) is 57.7 Å². The number of furan rings is 1. The molecule has 0 bridgehead atoms. The third kappa shape index (κ3) is 2.07. The van der Waals surface area contributed by atoms with Crippen LogP contribution in [0.4, 0.5) is 4.39 Å². The molecule has 2 aromatic rings. The highest BCUT2D eigenvalue weighted by Gasteiger charge is 2.16. The number of carbonyl (C=O) groups is 1. The first-order valence-electron chi connectivity index (χ1n) is 4.64. The Kier molecular flexibility index (Phi) is 2.92. The Morgan fingerprint density at radius 2 is 2.06 bits per heavy atom. The molecule has 0 aliphatic carbocycles. The zero-order valence-corrected chi connectivity index (χ0v) is 10.0. The summed E-state index contributed by atoms with van der Waals surface area (Å²) < 4.78 is 18.8. The van der Waals surface area contributed by atoms with Crippen molar-refractivity contribution in [2.45, 2.75) is 6.92 Å². The monoisotopic (exact) mass is 282 g/mol. The molecule has 4 heteroatoms. The van der Waals surface area contributed by atoms with Gasteiger partial charge < -0.3 is 4.42 Å². The average molecular weight is 283 g/mol. The molecule has 0 amide bonds. The van der Waals surface area contributed by atoms with Crippen molar-refractivity contribution >= 4 is 21.7 Å². The Morgan fingerprint density at radius 3 is 2.69 bits per heavy atom. The van der Waals surface area contributed by atoms with Crippen LogP contribution in [-0.4, -0.2) is 5.78 Å². The maximum atomic E-state index is 13.0. The van der Waals surface area contributed by atoms with Gasteiger partial charge in [0, 0.05) is 10.0 Å². The standard InChI is InChI=1S/C12H8BrFO2/c1-7-2-5-11(16-7)12(15)9-6-8(14)3-4-10(9)13/h2-6H,1H3. The SMILES string of the molecule is Cc1ccc(C(=O)c2cc(F)ccc2Br)o1. The van der Waals surface area contributed by atoms with Gasteiger partial charge in [-0.05, 0) is 37.3 Å². The van der Waals surface area contributed by atoms with Gasteiger partial charge in [0.25, 0.3) is 0 Å². The zero-order valence-electron chi connectivity index (χ0n) is 8.46. The predicted molar refractivity (Wildman–Crippen MR) is 61.0 cm³/mol. The Balaban J connectivity index is 2.45. The quantitative estimate of drug-likeness (QED) is 0.786. The fraction of sp³-hybridized carbons (Fsp3) is 0.0833. The molecule has 2 nitrogen and oxygen atoms in total. The smallest absolute Gasteiger partial charge is 0.229 e. The van der Waals surface area contributed by atoms with Gasteiger partial charge in [0.1, 0.15) is 11.6 Å². The van der Waals surface area contributed by atoms with E-state index in [-0.39, 0.29) is 17.1 Å². The fourth-order valence-electron chi connectivity index (χ4n) is 1.36. The van der Waals surface area contributed by atoms with Crippen LogP contribution in [0.3, 0.4) is 0 Å². The van der Waals surface area contributed by atoms with Crippen molar-refractivity contribution in [2.75, 3.05) is 0 Å². The molecule has 0 atom stereocenters. The van der Waals surface area contributed by atoms with Crippen LogP contribution in [-0.2, 0) is 0 Å². The molecular weight excluding hydrogens is 275 g/mol. The molecule has 1 aromatic heterocycles. The summed E-state index contributed by atoms with van der Waals surface area (Å²) in [5.74, 6) is 0.0778. The minimum absolute atomic E-state index is 0.212. The van der Waals surface area contributed by atoms with Crippen LogP contribution in [0.15, 0.2) is 39.2 Å². The van der Waals surface area contributed by atoms with Crippen molar-refractivity contribution in [3.8, 4) is 0 Å². The number of hydrogen-bond donors (Lipinski definition) is 0. The van der Waals surface area contributed by atoms with Gasteiger partial charge in [-0.1, -0.05) is 15.9 Å². The molecule has 0 unspecified atom stereocenters. The van der Waals surface area contributed by atoms with E-state index in [0.29, 0.717) is 10.2 Å². The lowest BCUT2D eigenvalue weighted by molar-refractivity contribution is 0.101. The summed E-state index contributed by atoms with van der Waals surface area (Å²) in [6, 6.07) is 7.24. The molecule has 0 spiro atoms. The van der Waals surface area contributed by atoms with Gasteiger partial charge in [0.2, 0.25) is 5.78 Å². The number of rotatable bonds is 2. The fourth-order valence-corrected chi connectivity index (χ4v) is 1.79. The summed E-state index contributed by atoms with van der Waals surface area (Å²) in [7, 11) is 0. The molecule has 16 heavy (non-hydrogen) atoms. The van der Waals surface area contributed by atoms with Gasteiger partial charge in [-0.15, -0.1) is 0 Å². The first-order valence-corrected chi connectivity index (χ1v) is 5.43. The Morgan fingerprint density at radius 1 is 1.31 bits per heavy atom. The molecule has 0 radical (unpaired) electrons. The zero-order chi connectivity index (χ0) is 11.7. The number of carbonyl (C=O) groups excluding carboxylic acids is 1. The first kappa shape index (κ1) is 11.1. The summed E-state index contributed by atoms with van der Waals surface area (Å²) in [6.07, 6.45) is 0. The highest BCUT2D eigenvalue weighted by molar-refractivity contribution is 9.10. The van der Waals surface area contributed by atoms with Gasteiger partial charge in [0.15, 0.2) is 5.76 Å². The van der Waals surface area contributed by atoms with Crippen molar-refractivity contribution in [3.63, 3.8) is 0 Å². The Bertz CT molecular complexity index is 546. The van der Waals surface area contributed by atoms with Crippen molar-refractivity contribution in [1.82, 2.24) is 0 Å². The van der Waals surface area contributed by atoms with Gasteiger partial charge in [-0.3, -0.25) is 4.79 Å². The summed E-state index contributed by atoms with van der Waals surface area (Å²) in [6.45, 7) is 1.75. The normalized spacial score (nSPS) is 10.4. The molecule has 82 valence electrons. The largest absolute Gasteiger partial charge is 0.458 e. The molecule has 2 rings (SSSR count). The van der Waals surface area contributed by atoms with Crippen LogP contribution in [0.2, 0.25) is 0 Å². The third-order valence-corrected chi connectivity index (χ3v) is 2.83. The van der Waals surface area contributed by atoms with Crippen LogP contribution in [0.25, 0.3) is 0 Å². The van der Waals surface area contributed by atoms with Crippen molar-refractivity contribution in [2.24, 2.45) is 0 Å². The summed E-state index contributed by atoms with van der Waals surface area (Å²) in [5.41, 5.74) is 0.259. The highest BCUT2D eigenvalue weighted by atomic mass is 79.9. The van der Waals surface area contributed by atoms with Gasteiger partial charge in [-0.2, -0.15) is 0 Å². The number of hydrogen-bond acceptors (Lipinski definition) is 2. The molecule has 1 aromatic carbocycles. The van der Waals surface area contributed by atoms with Crippen LogP contribution in [0, 0.1) is 12.7 Å². The minimum Gasteiger partial charge on any atom is -0.458 e. The Labute approximate surface area is 100 Å². The van der Waals surface area contributed by atoms with E-state index in [4.69, 9.17) is 4.42 Å². The number of aryl methyl sites for hydroxylation is 1. The molecular formula is C12H8BrFO2. The number of ketones is 1. The maximum absolute atomic E-state index is 13.0. The van der Waals surface area contributed by atoms with Crippen LogP contribution in [0.5, 0.6) is 0 Å². The van der Waals surface area contributed by atoms with Gasteiger partial charge in [0.05, 0.1) is 0 Å². The van der Waals surface area contributed by atoms with E-state index in [1.807, 2.05) is 0 Å². The predicted octanol–water partition coefficient (Wildman–Crippen LogP) is 3.72. The summed E-state index contributed by atoms with van der Waals surface area (Å²) in [4.78, 5) is 11.9. The second-order valence-corrected chi connectivity index (χ2v) is 4.22. The van der Waals surface area contributed by atoms with Gasteiger partial charge >= 0.3 is 0 Å². The molecule has 0 N–H and O–H groups in total. The lowest BCUT2D eigenvalue weighted by Crippen LogP contribution is -2.01. The maximum Gasteiger partial charge on any atom is 0.229 e. The first-order chi connectivity index (χ1) is 7.58. The summed E-state index contributed by atoms with van der Waals surface area (Å²) >= 11 is 3.21. The van der Waals surface area contributed by atoms with E-state index in [1.54, 1.807) is 19.1 Å². The molecule has 0 saturated heterocycles. The summed E-state index contributed by atoms with van der Waals surface area (Å²) in [5, 5.41) is 0. The molecule has 0 saturated carbocycles. The van der Waals surface area contributed by atoms with E-state index in [2.05, 4.69) is 15.9 Å². The lowest BCUT2D eigenvalue weighted by Gasteiger charge is -2.01. The van der Waals surface area contributed by atoms with Gasteiger partial charge in [-0.25, -0.2) is 4.39 Å². The molecule has 1 heterocycles. The molecule has 0 fully saturated rings. The van der Waals surface area contributed by atoms with Crippen molar-refractivity contribution < 1.29 is 13.6 Å². The second-order valence-electron chi connectivity index (χ2n) is 3.36. The van der Waals surface area contributed by atoms with E-state index < -0.39 is 5.82 Å². The van der Waals surface area contributed by atoms with Crippen molar-refractivity contribution in [1.29, 1.82) is 0 Å². The van der Waals surface area contributed by atoms with Crippen LogP contribution >= 0.6 is 15.9 Å². The van der Waals surface area contributed by atoms with E-state index in [9.17, 15) is 9.18 Å². The number of benzene rings is 1. The lowest BCUT2D eigenvalue weighted by atomic mass is 10.1. The van der Waals surface area contributed by atoms with Crippen LogP contribution < -0.4 is 0 Å². The highest BCUT2D eigenvalue weighted by Crippen LogP contribution is 2.22. The molecule has 0 aliphatic heterocycles. The second kappa shape index (κ2) is 4.22. The molecule has 0 aliphatic rings. The Hall–Kier alpha value is -1.42. The topological polar surface area (TPSA) is 30.2 Å².